The van der Waals surface area contributed by atoms with Crippen LogP contribution in [0.1, 0.15) is 37.8 Å². The molecule has 8 aromatic rings. The maximum absolute atomic E-state index is 2.53. The third kappa shape index (κ3) is 5.19. The highest BCUT2D eigenvalue weighted by atomic mass is 15.1. The smallest absolute Gasteiger partial charge is 0.0544 e. The number of allylic oxidation sites excluding steroid dienone is 4. The van der Waals surface area contributed by atoms with Crippen molar-refractivity contribution >= 4 is 61.6 Å². The number of aromatic nitrogens is 1. The van der Waals surface area contributed by atoms with Crippen LogP contribution in [-0.2, 0) is 5.41 Å². The second kappa shape index (κ2) is 12.8. The van der Waals surface area contributed by atoms with E-state index in [-0.39, 0.29) is 5.41 Å². The normalized spacial score (nSPS) is 14.1. The quantitative estimate of drug-likeness (QED) is 0.164. The molecular formula is C51H41N3. The summed E-state index contributed by atoms with van der Waals surface area (Å²) in [6.45, 7) is 4.79. The third-order valence-electron chi connectivity index (χ3n) is 11.4. The number of hydrogen-bond donors (Lipinski definition) is 0. The minimum Gasteiger partial charge on any atom is -0.313 e. The lowest BCUT2D eigenvalue weighted by molar-refractivity contribution is 0.661. The Balaban J connectivity index is 1.18. The summed E-state index contributed by atoms with van der Waals surface area (Å²) in [4.78, 5) is 4.73. The topological polar surface area (TPSA) is 11.4 Å². The van der Waals surface area contributed by atoms with Crippen LogP contribution >= 0.6 is 0 Å². The average Bonchev–Trinajstić information content (AvgIpc) is 3.66. The lowest BCUT2D eigenvalue weighted by atomic mass is 9.82. The van der Waals surface area contributed by atoms with Crippen LogP contribution in [0, 0.1) is 0 Å². The zero-order valence-corrected chi connectivity index (χ0v) is 30.7. The lowest BCUT2D eigenvalue weighted by Gasteiger charge is -2.28. The molecule has 0 unspecified atom stereocenters. The number of para-hydroxylation sites is 4. The Morgan fingerprint density at radius 2 is 0.963 bits per heavy atom. The van der Waals surface area contributed by atoms with Crippen molar-refractivity contribution in [1.82, 2.24) is 4.57 Å². The molecule has 0 radical (unpaired) electrons. The van der Waals surface area contributed by atoms with Gasteiger partial charge < -0.3 is 14.4 Å². The molecule has 0 bridgehead atoms. The number of rotatable bonds is 7. The first-order valence-corrected chi connectivity index (χ1v) is 19.0. The van der Waals surface area contributed by atoms with Crippen LogP contribution in [0.2, 0.25) is 0 Å². The molecule has 54 heavy (non-hydrogen) atoms. The highest BCUT2D eigenvalue weighted by Gasteiger charge is 2.37. The average molecular weight is 696 g/mol. The zero-order valence-electron chi connectivity index (χ0n) is 30.7. The Morgan fingerprint density at radius 1 is 0.463 bits per heavy atom. The van der Waals surface area contributed by atoms with Gasteiger partial charge in [-0.05, 0) is 132 Å². The highest BCUT2D eigenvalue weighted by Crippen LogP contribution is 2.53. The molecule has 0 aliphatic heterocycles. The van der Waals surface area contributed by atoms with Crippen molar-refractivity contribution in [2.24, 2.45) is 0 Å². The molecule has 2 aliphatic carbocycles. The van der Waals surface area contributed by atoms with Gasteiger partial charge in [0.1, 0.15) is 0 Å². The first-order valence-electron chi connectivity index (χ1n) is 19.0. The Bertz CT molecular complexity index is 2640. The predicted molar refractivity (Wildman–Crippen MR) is 229 cm³/mol. The maximum Gasteiger partial charge on any atom is 0.0544 e. The van der Waals surface area contributed by atoms with Gasteiger partial charge in [-0.1, -0.05) is 105 Å². The monoisotopic (exact) mass is 695 g/mol. The van der Waals surface area contributed by atoms with Gasteiger partial charge in [0.25, 0.3) is 0 Å². The van der Waals surface area contributed by atoms with Crippen LogP contribution < -0.4 is 9.80 Å². The van der Waals surface area contributed by atoms with Gasteiger partial charge >= 0.3 is 0 Å². The summed E-state index contributed by atoms with van der Waals surface area (Å²) >= 11 is 0. The van der Waals surface area contributed by atoms with Crippen LogP contribution in [-0.4, -0.2) is 4.57 Å². The van der Waals surface area contributed by atoms with E-state index in [1.165, 1.54) is 49.8 Å². The van der Waals surface area contributed by atoms with Crippen molar-refractivity contribution in [3.8, 4) is 11.1 Å². The lowest BCUT2D eigenvalue weighted by Crippen LogP contribution is -2.16. The second-order valence-corrected chi connectivity index (χ2v) is 14.9. The fourth-order valence-electron chi connectivity index (χ4n) is 8.79. The van der Waals surface area contributed by atoms with E-state index in [1.807, 2.05) is 0 Å². The number of anilines is 6. The van der Waals surface area contributed by atoms with Gasteiger partial charge in [0.2, 0.25) is 0 Å². The maximum atomic E-state index is 2.53. The molecule has 3 heteroatoms. The molecule has 0 N–H and O–H groups in total. The van der Waals surface area contributed by atoms with Gasteiger partial charge in [0.15, 0.2) is 0 Å². The van der Waals surface area contributed by atoms with Crippen molar-refractivity contribution in [2.75, 3.05) is 9.80 Å². The fraction of sp³-hybridized carbons (Fsp3) is 0.0980. The first kappa shape index (κ1) is 32.1. The summed E-state index contributed by atoms with van der Waals surface area (Å²) in [5.74, 6) is 0. The minimum atomic E-state index is -0.201. The molecule has 1 aromatic heterocycles. The molecule has 260 valence electrons. The summed E-state index contributed by atoms with van der Waals surface area (Å²) in [6.07, 6.45) is 8.85. The molecule has 3 nitrogen and oxygen atoms in total. The molecule has 2 aliphatic rings. The Hall–Kier alpha value is -6.58. The summed E-state index contributed by atoms with van der Waals surface area (Å²) in [6, 6.07) is 61.9. The van der Waals surface area contributed by atoms with Crippen LogP contribution in [0.3, 0.4) is 0 Å². The summed E-state index contributed by atoms with van der Waals surface area (Å²) in [5.41, 5.74) is 15.9. The number of fused-ring (bicyclic) bond motifs is 6. The second-order valence-electron chi connectivity index (χ2n) is 14.9. The third-order valence-corrected chi connectivity index (χ3v) is 11.4. The van der Waals surface area contributed by atoms with E-state index in [4.69, 9.17) is 0 Å². The van der Waals surface area contributed by atoms with E-state index in [2.05, 4.69) is 216 Å². The van der Waals surface area contributed by atoms with Crippen LogP contribution in [0.5, 0.6) is 0 Å². The Kier molecular flexibility index (Phi) is 7.62. The molecular weight excluding hydrogens is 655 g/mol. The largest absolute Gasteiger partial charge is 0.313 e. The molecule has 7 aromatic carbocycles. The van der Waals surface area contributed by atoms with Gasteiger partial charge in [-0.15, -0.1) is 0 Å². The zero-order chi connectivity index (χ0) is 36.2. The number of hydrogen-bond acceptors (Lipinski definition) is 2. The SMILES string of the molecule is CC1(C)c2cc(N(c3ccccc3)c3ccccc3)ccc2-c2cc3c(cc21)c1cc(N(c2ccccc2)c2ccccc2)ccc1n3C1=CC=CCC1. The molecule has 0 saturated carbocycles. The molecule has 0 atom stereocenters. The summed E-state index contributed by atoms with van der Waals surface area (Å²) in [5, 5.41) is 2.56. The van der Waals surface area contributed by atoms with Gasteiger partial charge in [0.05, 0.1) is 11.0 Å². The Morgan fingerprint density at radius 3 is 1.50 bits per heavy atom. The number of benzene rings is 7. The van der Waals surface area contributed by atoms with Crippen molar-refractivity contribution in [1.29, 1.82) is 0 Å². The van der Waals surface area contributed by atoms with E-state index in [9.17, 15) is 0 Å². The Labute approximate surface area is 317 Å². The van der Waals surface area contributed by atoms with Crippen LogP contribution in [0.25, 0.3) is 38.6 Å². The number of nitrogens with zero attached hydrogens (tertiary/aromatic N) is 3. The highest BCUT2D eigenvalue weighted by molar-refractivity contribution is 6.13. The summed E-state index contributed by atoms with van der Waals surface area (Å²) in [7, 11) is 0. The molecule has 0 spiro atoms. The van der Waals surface area contributed by atoms with Gasteiger partial charge in [-0.2, -0.15) is 0 Å². The van der Waals surface area contributed by atoms with Gasteiger partial charge in [0, 0.05) is 56.0 Å². The van der Waals surface area contributed by atoms with Crippen molar-refractivity contribution < 1.29 is 0 Å². The molecule has 0 fully saturated rings. The van der Waals surface area contributed by atoms with E-state index in [0.717, 1.165) is 47.0 Å². The van der Waals surface area contributed by atoms with Crippen LogP contribution in [0.4, 0.5) is 34.1 Å². The fourth-order valence-corrected chi connectivity index (χ4v) is 8.79. The van der Waals surface area contributed by atoms with Gasteiger partial charge in [-0.25, -0.2) is 0 Å². The van der Waals surface area contributed by atoms with Crippen LogP contribution in [0.15, 0.2) is 188 Å². The molecule has 10 rings (SSSR count). The predicted octanol–water partition coefficient (Wildman–Crippen LogP) is 14.2. The molecule has 0 amide bonds. The first-order chi connectivity index (χ1) is 26.6. The van der Waals surface area contributed by atoms with E-state index in [1.54, 1.807) is 0 Å². The molecule has 0 saturated heterocycles. The standard InChI is InChI=1S/C51H41N3/c1-51(2)47-33-42(53(38-22-12-5-13-23-38)39-24-14-6-15-25-39)28-30-43(47)44-35-50-46(34-48(44)51)45-32-41(29-31-49(45)54(50)40-26-16-7-17-27-40)52(36-18-8-3-9-19-36)37-20-10-4-11-21-37/h3-16,18-26,28-35H,17,27H2,1-2H3. The van der Waals surface area contributed by atoms with Gasteiger partial charge in [-0.3, -0.25) is 0 Å². The molecule has 1 heterocycles. The van der Waals surface area contributed by atoms with E-state index < -0.39 is 0 Å². The minimum absolute atomic E-state index is 0.201. The van der Waals surface area contributed by atoms with Crippen molar-refractivity contribution in [3.05, 3.63) is 199 Å². The van der Waals surface area contributed by atoms with Crippen molar-refractivity contribution in [3.63, 3.8) is 0 Å². The van der Waals surface area contributed by atoms with Crippen molar-refractivity contribution in [2.45, 2.75) is 32.1 Å². The van der Waals surface area contributed by atoms with E-state index in [0.29, 0.717) is 0 Å². The van der Waals surface area contributed by atoms with E-state index >= 15 is 0 Å². The summed E-state index contributed by atoms with van der Waals surface area (Å²) < 4.78 is 2.53.